The number of carboxylic acids is 2. The van der Waals surface area contributed by atoms with Gasteiger partial charge in [-0.1, -0.05) is 30.3 Å². The summed E-state index contributed by atoms with van der Waals surface area (Å²) in [5, 5.41) is 18.1. The minimum Gasteiger partial charge on any atom is -0.497 e. The molecule has 0 atom stereocenters. The standard InChI is InChI=1S/C19H21N3O2.C2H2O4/c1-22-17(14-8-6-9-16(11-14)23-2)13-21-19(22)20-12-15-7-4-5-10-18(15)24-3;3-1(4)2(5)6/h4-11,13H,12H2,1-3H3,(H,20,21);(H,3,4)(H,5,6). The number of aliphatic carboxylic acids is 2. The Morgan fingerprint density at radius 1 is 1.03 bits per heavy atom. The van der Waals surface area contributed by atoms with E-state index in [9.17, 15) is 0 Å². The van der Waals surface area contributed by atoms with Gasteiger partial charge in [-0.2, -0.15) is 0 Å². The van der Waals surface area contributed by atoms with Crippen LogP contribution in [0.2, 0.25) is 0 Å². The summed E-state index contributed by atoms with van der Waals surface area (Å²) in [5.74, 6) is -1.15. The maximum Gasteiger partial charge on any atom is 0.414 e. The number of carbonyl (C=O) groups is 2. The number of para-hydroxylation sites is 1. The number of methoxy groups -OCH3 is 2. The molecule has 0 unspecified atom stereocenters. The molecule has 9 nitrogen and oxygen atoms in total. The van der Waals surface area contributed by atoms with Crippen LogP contribution < -0.4 is 14.8 Å². The number of carboxylic acid groups (broad SMARTS) is 2. The van der Waals surface area contributed by atoms with Crippen molar-refractivity contribution in [3.8, 4) is 22.8 Å². The van der Waals surface area contributed by atoms with Crippen molar-refractivity contribution in [2.24, 2.45) is 7.05 Å². The van der Waals surface area contributed by atoms with Gasteiger partial charge in [0, 0.05) is 24.7 Å². The number of anilines is 1. The average molecular weight is 413 g/mol. The summed E-state index contributed by atoms with van der Waals surface area (Å²) < 4.78 is 12.7. The van der Waals surface area contributed by atoms with Crippen molar-refractivity contribution >= 4 is 17.9 Å². The molecule has 0 amide bonds. The van der Waals surface area contributed by atoms with Crippen LogP contribution in [-0.2, 0) is 23.2 Å². The van der Waals surface area contributed by atoms with Crippen molar-refractivity contribution in [1.29, 1.82) is 0 Å². The highest BCUT2D eigenvalue weighted by Crippen LogP contribution is 2.26. The van der Waals surface area contributed by atoms with Gasteiger partial charge >= 0.3 is 11.9 Å². The average Bonchev–Trinajstić information content (AvgIpc) is 3.13. The lowest BCUT2D eigenvalue weighted by molar-refractivity contribution is -0.159. The predicted octanol–water partition coefficient (Wildman–Crippen LogP) is 2.87. The van der Waals surface area contributed by atoms with Gasteiger partial charge in [0.2, 0.25) is 5.95 Å². The highest BCUT2D eigenvalue weighted by molar-refractivity contribution is 6.27. The summed E-state index contributed by atoms with van der Waals surface area (Å²) in [6, 6.07) is 15.9. The fourth-order valence-electron chi connectivity index (χ4n) is 2.65. The normalized spacial score (nSPS) is 9.83. The van der Waals surface area contributed by atoms with Crippen molar-refractivity contribution in [2.75, 3.05) is 19.5 Å². The molecule has 9 heteroatoms. The lowest BCUT2D eigenvalue weighted by Gasteiger charge is -2.11. The molecule has 0 bridgehead atoms. The first-order valence-electron chi connectivity index (χ1n) is 8.85. The van der Waals surface area contributed by atoms with Gasteiger partial charge in [0.05, 0.1) is 26.1 Å². The quantitative estimate of drug-likeness (QED) is 0.527. The largest absolute Gasteiger partial charge is 0.497 e. The zero-order chi connectivity index (χ0) is 22.1. The van der Waals surface area contributed by atoms with Gasteiger partial charge in [0.25, 0.3) is 0 Å². The summed E-state index contributed by atoms with van der Waals surface area (Å²) in [6.07, 6.45) is 1.86. The molecule has 0 saturated heterocycles. The Balaban J connectivity index is 0.000000469. The van der Waals surface area contributed by atoms with Crippen LogP contribution in [0.5, 0.6) is 11.5 Å². The van der Waals surface area contributed by atoms with Crippen LogP contribution in [0.3, 0.4) is 0 Å². The van der Waals surface area contributed by atoms with E-state index in [1.54, 1.807) is 14.2 Å². The van der Waals surface area contributed by atoms with E-state index in [2.05, 4.69) is 10.3 Å². The maximum atomic E-state index is 9.10. The van der Waals surface area contributed by atoms with Gasteiger partial charge in [-0.3, -0.25) is 0 Å². The molecule has 1 aromatic heterocycles. The number of imidazole rings is 1. The Labute approximate surface area is 173 Å². The number of hydrogen-bond acceptors (Lipinski definition) is 6. The zero-order valence-electron chi connectivity index (χ0n) is 16.8. The predicted molar refractivity (Wildman–Crippen MR) is 111 cm³/mol. The van der Waals surface area contributed by atoms with Gasteiger partial charge < -0.3 is 29.6 Å². The highest BCUT2D eigenvalue weighted by atomic mass is 16.5. The van der Waals surface area contributed by atoms with Gasteiger partial charge in [-0.15, -0.1) is 0 Å². The number of benzene rings is 2. The molecule has 3 rings (SSSR count). The molecule has 2 aromatic carbocycles. The number of nitrogens with zero attached hydrogens (tertiary/aromatic N) is 2. The van der Waals surface area contributed by atoms with Crippen LogP contribution in [0, 0.1) is 0 Å². The Morgan fingerprint density at radius 3 is 2.37 bits per heavy atom. The van der Waals surface area contributed by atoms with Crippen molar-refractivity contribution < 1.29 is 29.3 Å². The number of hydrogen-bond donors (Lipinski definition) is 3. The van der Waals surface area contributed by atoms with Crippen molar-refractivity contribution in [1.82, 2.24) is 9.55 Å². The number of ether oxygens (including phenoxy) is 2. The summed E-state index contributed by atoms with van der Waals surface area (Å²) in [6.45, 7) is 0.645. The summed E-state index contributed by atoms with van der Waals surface area (Å²) in [7, 11) is 5.34. The first-order valence-corrected chi connectivity index (χ1v) is 8.85. The van der Waals surface area contributed by atoms with Crippen molar-refractivity contribution in [3.63, 3.8) is 0 Å². The zero-order valence-corrected chi connectivity index (χ0v) is 16.8. The van der Waals surface area contributed by atoms with E-state index in [4.69, 9.17) is 29.3 Å². The first-order chi connectivity index (χ1) is 14.4. The molecule has 0 saturated carbocycles. The van der Waals surface area contributed by atoms with Crippen LogP contribution in [-0.4, -0.2) is 45.9 Å². The summed E-state index contributed by atoms with van der Waals surface area (Å²) in [4.78, 5) is 22.7. The van der Waals surface area contributed by atoms with Crippen LogP contribution >= 0.6 is 0 Å². The van der Waals surface area contributed by atoms with Crippen LogP contribution in [0.25, 0.3) is 11.3 Å². The number of rotatable bonds is 6. The van der Waals surface area contributed by atoms with Crippen molar-refractivity contribution in [2.45, 2.75) is 6.54 Å². The molecule has 158 valence electrons. The van der Waals surface area contributed by atoms with Crippen LogP contribution in [0.15, 0.2) is 54.7 Å². The second kappa shape index (κ2) is 10.5. The topological polar surface area (TPSA) is 123 Å². The SMILES string of the molecule is COc1cccc(-c2cnc(NCc3ccccc3OC)n2C)c1.O=C(O)C(=O)O. The van der Waals surface area contributed by atoms with Gasteiger partial charge in [-0.25, -0.2) is 14.6 Å². The Morgan fingerprint density at radius 2 is 1.73 bits per heavy atom. The first kappa shape index (κ1) is 22.3. The van der Waals surface area contributed by atoms with E-state index < -0.39 is 11.9 Å². The molecule has 3 N–H and O–H groups in total. The van der Waals surface area contributed by atoms with Gasteiger partial charge in [0.15, 0.2) is 0 Å². The molecular weight excluding hydrogens is 390 g/mol. The third-order valence-electron chi connectivity index (χ3n) is 4.17. The Bertz CT molecular complexity index is 1000. The van der Waals surface area contributed by atoms with E-state index in [1.165, 1.54) is 0 Å². The maximum absolute atomic E-state index is 9.10. The third kappa shape index (κ3) is 5.74. The molecule has 0 aliphatic heterocycles. The monoisotopic (exact) mass is 413 g/mol. The number of nitrogens with one attached hydrogen (secondary N) is 1. The van der Waals surface area contributed by atoms with Gasteiger partial charge in [0.1, 0.15) is 11.5 Å². The fourth-order valence-corrected chi connectivity index (χ4v) is 2.65. The number of aromatic nitrogens is 2. The molecular formula is C21H23N3O6. The molecule has 30 heavy (non-hydrogen) atoms. The van der Waals surface area contributed by atoms with Gasteiger partial charge in [-0.05, 0) is 18.2 Å². The van der Waals surface area contributed by atoms with E-state index in [-0.39, 0.29) is 0 Å². The smallest absolute Gasteiger partial charge is 0.414 e. The minimum atomic E-state index is -1.82. The van der Waals surface area contributed by atoms with Crippen LogP contribution in [0.1, 0.15) is 5.56 Å². The third-order valence-corrected chi connectivity index (χ3v) is 4.17. The lowest BCUT2D eigenvalue weighted by Crippen LogP contribution is -2.09. The molecule has 0 aliphatic carbocycles. The minimum absolute atomic E-state index is 0.645. The molecule has 0 aliphatic rings. The molecule has 0 spiro atoms. The fraction of sp³-hybridized carbons (Fsp3) is 0.190. The van der Waals surface area contributed by atoms with E-state index in [0.29, 0.717) is 6.54 Å². The summed E-state index contributed by atoms with van der Waals surface area (Å²) >= 11 is 0. The van der Waals surface area contributed by atoms with E-state index in [0.717, 1.165) is 34.3 Å². The van der Waals surface area contributed by atoms with Crippen molar-refractivity contribution in [3.05, 3.63) is 60.3 Å². The second-order valence-electron chi connectivity index (χ2n) is 6.03. The Kier molecular flexibility index (Phi) is 7.81. The molecule has 0 fully saturated rings. The summed E-state index contributed by atoms with van der Waals surface area (Å²) in [5.41, 5.74) is 3.18. The molecule has 3 aromatic rings. The van der Waals surface area contributed by atoms with E-state index >= 15 is 0 Å². The van der Waals surface area contributed by atoms with Crippen LogP contribution in [0.4, 0.5) is 5.95 Å². The Hall–Kier alpha value is -4.01. The highest BCUT2D eigenvalue weighted by Gasteiger charge is 2.10. The lowest BCUT2D eigenvalue weighted by atomic mass is 10.1. The molecule has 1 heterocycles. The second-order valence-corrected chi connectivity index (χ2v) is 6.03. The molecule has 0 radical (unpaired) electrons. The van der Waals surface area contributed by atoms with E-state index in [1.807, 2.05) is 66.3 Å².